The van der Waals surface area contributed by atoms with Gasteiger partial charge in [0.2, 0.25) is 5.91 Å². The van der Waals surface area contributed by atoms with E-state index < -0.39 is 11.4 Å². The van der Waals surface area contributed by atoms with Crippen LogP contribution in [0.3, 0.4) is 0 Å². The third-order valence-electron chi connectivity index (χ3n) is 3.59. The maximum absolute atomic E-state index is 11.7. The number of aryl methyl sites for hydroxylation is 1. The average Bonchev–Trinajstić information content (AvgIpc) is 2.43. The number of aliphatic carboxylic acids is 1. The van der Waals surface area contributed by atoms with Crippen molar-refractivity contribution < 1.29 is 19.8 Å². The van der Waals surface area contributed by atoms with Gasteiger partial charge >= 0.3 is 5.97 Å². The van der Waals surface area contributed by atoms with E-state index in [1.54, 1.807) is 38.1 Å². The molecule has 0 aliphatic heterocycles. The van der Waals surface area contributed by atoms with Gasteiger partial charge in [-0.2, -0.15) is 0 Å². The van der Waals surface area contributed by atoms with Gasteiger partial charge in [0.1, 0.15) is 5.75 Å². The van der Waals surface area contributed by atoms with Crippen molar-refractivity contribution in [1.29, 1.82) is 0 Å². The van der Waals surface area contributed by atoms with Crippen LogP contribution in [-0.4, -0.2) is 28.6 Å². The number of carboxylic acid groups (broad SMARTS) is 1. The molecule has 1 rings (SSSR count). The third-order valence-corrected chi connectivity index (χ3v) is 3.59. The van der Waals surface area contributed by atoms with E-state index in [2.05, 4.69) is 5.32 Å². The number of phenolic OH excluding ortho intramolecular Hbond substituents is 1. The monoisotopic (exact) mass is 279 g/mol. The van der Waals surface area contributed by atoms with Crippen molar-refractivity contribution in [2.75, 3.05) is 6.54 Å². The summed E-state index contributed by atoms with van der Waals surface area (Å²) in [5.74, 6) is -0.959. The summed E-state index contributed by atoms with van der Waals surface area (Å²) in [6.45, 7) is 3.50. The van der Waals surface area contributed by atoms with Crippen molar-refractivity contribution in [3.05, 3.63) is 29.8 Å². The largest absolute Gasteiger partial charge is 0.508 e. The topological polar surface area (TPSA) is 86.6 Å². The fraction of sp³-hybridized carbons (Fsp3) is 0.467. The van der Waals surface area contributed by atoms with Gasteiger partial charge in [0.05, 0.1) is 5.41 Å². The minimum atomic E-state index is -0.940. The second-order valence-electron chi connectivity index (χ2n) is 5.12. The molecule has 0 heterocycles. The molecular formula is C15H21NO4. The Bertz CT molecular complexity index is 487. The molecule has 0 saturated heterocycles. The Kier molecular flexibility index (Phi) is 5.55. The minimum absolute atomic E-state index is 0.110. The van der Waals surface area contributed by atoms with Gasteiger partial charge in [-0.05, 0) is 31.4 Å². The molecule has 1 unspecified atom stereocenters. The maximum atomic E-state index is 11.7. The number of hydrogen-bond donors (Lipinski definition) is 3. The number of benzene rings is 1. The number of phenols is 1. The first-order chi connectivity index (χ1) is 9.39. The van der Waals surface area contributed by atoms with E-state index in [0.29, 0.717) is 18.4 Å². The summed E-state index contributed by atoms with van der Waals surface area (Å²) >= 11 is 0. The van der Waals surface area contributed by atoms with E-state index in [-0.39, 0.29) is 24.6 Å². The number of aromatic hydroxyl groups is 1. The first-order valence-corrected chi connectivity index (χ1v) is 6.66. The number of hydrogen-bond acceptors (Lipinski definition) is 3. The highest BCUT2D eigenvalue weighted by Crippen LogP contribution is 2.20. The molecule has 0 fully saturated rings. The molecule has 0 spiro atoms. The van der Waals surface area contributed by atoms with E-state index in [4.69, 9.17) is 5.11 Å². The highest BCUT2D eigenvalue weighted by molar-refractivity contribution is 5.79. The number of carbonyl (C=O) groups is 2. The zero-order chi connectivity index (χ0) is 15.2. The van der Waals surface area contributed by atoms with Crippen molar-refractivity contribution in [1.82, 2.24) is 5.32 Å². The van der Waals surface area contributed by atoms with Crippen LogP contribution in [0.15, 0.2) is 24.3 Å². The molecule has 1 aromatic carbocycles. The summed E-state index contributed by atoms with van der Waals surface area (Å²) in [6, 6.07) is 6.85. The Morgan fingerprint density at radius 1 is 1.30 bits per heavy atom. The molecule has 5 nitrogen and oxygen atoms in total. The Balaban J connectivity index is 2.45. The van der Waals surface area contributed by atoms with E-state index in [0.717, 1.165) is 0 Å². The number of rotatable bonds is 7. The van der Waals surface area contributed by atoms with Gasteiger partial charge in [0.15, 0.2) is 0 Å². The van der Waals surface area contributed by atoms with Crippen LogP contribution in [0.2, 0.25) is 0 Å². The smallest absolute Gasteiger partial charge is 0.311 e. The highest BCUT2D eigenvalue weighted by Gasteiger charge is 2.31. The third kappa shape index (κ3) is 4.26. The molecule has 0 aromatic heterocycles. The summed E-state index contributed by atoms with van der Waals surface area (Å²) < 4.78 is 0. The molecule has 0 radical (unpaired) electrons. The average molecular weight is 279 g/mol. The Morgan fingerprint density at radius 2 is 1.95 bits per heavy atom. The van der Waals surface area contributed by atoms with Gasteiger partial charge in [-0.1, -0.05) is 25.1 Å². The van der Waals surface area contributed by atoms with Crippen LogP contribution >= 0.6 is 0 Å². The fourth-order valence-corrected chi connectivity index (χ4v) is 1.70. The predicted molar refractivity (Wildman–Crippen MR) is 75.5 cm³/mol. The lowest BCUT2D eigenvalue weighted by Crippen LogP contribution is -2.40. The quantitative estimate of drug-likeness (QED) is 0.712. The molecule has 1 atom stereocenters. The van der Waals surface area contributed by atoms with Gasteiger partial charge in [0.25, 0.3) is 0 Å². The molecule has 20 heavy (non-hydrogen) atoms. The summed E-state index contributed by atoms with van der Waals surface area (Å²) in [5.41, 5.74) is -0.232. The minimum Gasteiger partial charge on any atom is -0.508 e. The maximum Gasteiger partial charge on any atom is 0.311 e. The van der Waals surface area contributed by atoms with Crippen LogP contribution in [0.4, 0.5) is 0 Å². The van der Waals surface area contributed by atoms with Crippen LogP contribution < -0.4 is 5.32 Å². The van der Waals surface area contributed by atoms with Gasteiger partial charge in [-0.15, -0.1) is 0 Å². The van der Waals surface area contributed by atoms with E-state index in [1.165, 1.54) is 0 Å². The van der Waals surface area contributed by atoms with Crippen LogP contribution in [0, 0.1) is 5.41 Å². The summed E-state index contributed by atoms with van der Waals surface area (Å²) in [4.78, 5) is 22.8. The van der Waals surface area contributed by atoms with Gasteiger partial charge < -0.3 is 15.5 Å². The standard InChI is InChI=1S/C15H21NO4/c1-3-15(2,14(19)20)10-16-13(18)9-8-11-6-4-5-7-12(11)17/h4-7,17H,3,8-10H2,1-2H3,(H,16,18)(H,19,20). The first kappa shape index (κ1) is 16.0. The zero-order valence-electron chi connectivity index (χ0n) is 11.8. The number of amides is 1. The van der Waals surface area contributed by atoms with Crippen molar-refractivity contribution in [3.63, 3.8) is 0 Å². The molecule has 0 aliphatic carbocycles. The molecule has 110 valence electrons. The molecule has 0 bridgehead atoms. The van der Waals surface area contributed by atoms with Crippen molar-refractivity contribution in [2.24, 2.45) is 5.41 Å². The first-order valence-electron chi connectivity index (χ1n) is 6.66. The number of para-hydroxylation sites is 1. The van der Waals surface area contributed by atoms with Crippen LogP contribution in [0.1, 0.15) is 32.3 Å². The Hall–Kier alpha value is -2.04. The van der Waals surface area contributed by atoms with Crippen LogP contribution in [0.5, 0.6) is 5.75 Å². The van der Waals surface area contributed by atoms with Crippen molar-refractivity contribution >= 4 is 11.9 Å². The van der Waals surface area contributed by atoms with Crippen LogP contribution in [0.25, 0.3) is 0 Å². The normalized spacial score (nSPS) is 13.5. The second-order valence-corrected chi connectivity index (χ2v) is 5.12. The number of carboxylic acids is 1. The molecule has 0 aliphatic rings. The summed E-state index contributed by atoms with van der Waals surface area (Å²) in [5, 5.41) is 21.3. The lowest BCUT2D eigenvalue weighted by molar-refractivity contribution is -0.148. The van der Waals surface area contributed by atoms with E-state index in [1.807, 2.05) is 0 Å². The Labute approximate surface area is 118 Å². The predicted octanol–water partition coefficient (Wildman–Crippen LogP) is 1.94. The lowest BCUT2D eigenvalue weighted by Gasteiger charge is -2.23. The Morgan fingerprint density at radius 3 is 2.50 bits per heavy atom. The SMILES string of the molecule is CCC(C)(CNC(=O)CCc1ccccc1O)C(=O)O. The fourth-order valence-electron chi connectivity index (χ4n) is 1.70. The van der Waals surface area contributed by atoms with Gasteiger partial charge in [0, 0.05) is 13.0 Å². The second kappa shape index (κ2) is 6.93. The lowest BCUT2D eigenvalue weighted by atomic mass is 9.87. The van der Waals surface area contributed by atoms with E-state index in [9.17, 15) is 14.7 Å². The molecule has 5 heteroatoms. The molecule has 3 N–H and O–H groups in total. The van der Waals surface area contributed by atoms with E-state index >= 15 is 0 Å². The number of carbonyl (C=O) groups excluding carboxylic acids is 1. The number of nitrogens with one attached hydrogen (secondary N) is 1. The zero-order valence-corrected chi connectivity index (χ0v) is 11.8. The molecule has 0 saturated carbocycles. The summed E-state index contributed by atoms with van der Waals surface area (Å²) in [7, 11) is 0. The molecule has 1 amide bonds. The van der Waals surface area contributed by atoms with Crippen LogP contribution in [-0.2, 0) is 16.0 Å². The van der Waals surface area contributed by atoms with Gasteiger partial charge in [-0.25, -0.2) is 0 Å². The highest BCUT2D eigenvalue weighted by atomic mass is 16.4. The van der Waals surface area contributed by atoms with Crippen molar-refractivity contribution in [2.45, 2.75) is 33.1 Å². The summed E-state index contributed by atoms with van der Waals surface area (Å²) in [6.07, 6.45) is 1.09. The molecular weight excluding hydrogens is 258 g/mol. The van der Waals surface area contributed by atoms with Gasteiger partial charge in [-0.3, -0.25) is 9.59 Å². The van der Waals surface area contributed by atoms with Crippen molar-refractivity contribution in [3.8, 4) is 5.75 Å². The molecule has 1 aromatic rings.